The van der Waals surface area contributed by atoms with Crippen molar-refractivity contribution in [3.63, 3.8) is 0 Å². The topological polar surface area (TPSA) is 38.7 Å². The highest BCUT2D eigenvalue weighted by Gasteiger charge is 2.52. The van der Waals surface area contributed by atoms with Crippen LogP contribution < -0.4 is 0 Å². The van der Waals surface area contributed by atoms with Gasteiger partial charge in [0.1, 0.15) is 11.6 Å². The van der Waals surface area contributed by atoms with Gasteiger partial charge in [-0.1, -0.05) is 6.08 Å². The van der Waals surface area contributed by atoms with E-state index in [1.54, 1.807) is 6.08 Å². The summed E-state index contributed by atoms with van der Waals surface area (Å²) in [6, 6.07) is 3.89. The van der Waals surface area contributed by atoms with E-state index in [2.05, 4.69) is 12.6 Å². The molecule has 1 saturated heterocycles. The van der Waals surface area contributed by atoms with Gasteiger partial charge in [-0.15, -0.1) is 0 Å². The molecule has 1 fully saturated rings. The van der Waals surface area contributed by atoms with Crippen molar-refractivity contribution in [2.75, 3.05) is 5.75 Å². The minimum Gasteiger partial charge on any atom is -0.508 e. The Morgan fingerprint density at radius 3 is 2.29 bits per heavy atom. The lowest BCUT2D eigenvalue weighted by Gasteiger charge is -2.32. The van der Waals surface area contributed by atoms with Crippen LogP contribution in [0.4, 0.5) is 4.39 Å². The van der Waals surface area contributed by atoms with E-state index < -0.39 is 24.1 Å². The molecule has 1 aliphatic heterocycles. The van der Waals surface area contributed by atoms with Gasteiger partial charge in [-0.3, -0.25) is 0 Å². The second kappa shape index (κ2) is 5.67. The Balaban J connectivity index is 2.30. The molecule has 114 valence electrons. The van der Waals surface area contributed by atoms with Crippen LogP contribution in [0.15, 0.2) is 23.7 Å². The molecule has 0 aliphatic carbocycles. The predicted octanol–water partition coefficient (Wildman–Crippen LogP) is 3.48. The number of hydrogen-bond donors (Lipinski definition) is 2. The summed E-state index contributed by atoms with van der Waals surface area (Å²) in [5.74, 6) is -0.198. The maximum atomic E-state index is 13.3. The van der Waals surface area contributed by atoms with Gasteiger partial charge in [0.15, 0.2) is 0 Å². The van der Waals surface area contributed by atoms with Crippen LogP contribution in [0.1, 0.15) is 33.3 Å². The number of rotatable bonds is 3. The van der Waals surface area contributed by atoms with Crippen molar-refractivity contribution >= 4 is 25.8 Å². The van der Waals surface area contributed by atoms with Crippen LogP contribution >= 0.6 is 12.6 Å². The molecule has 0 unspecified atom stereocenters. The zero-order chi connectivity index (χ0) is 15.8. The third-order valence-electron chi connectivity index (χ3n) is 4.00. The van der Waals surface area contributed by atoms with E-state index in [1.165, 1.54) is 12.1 Å². The zero-order valence-corrected chi connectivity index (χ0v) is 13.6. The number of thiol groups is 1. The van der Waals surface area contributed by atoms with Crippen LogP contribution in [0.3, 0.4) is 0 Å². The van der Waals surface area contributed by atoms with Crippen molar-refractivity contribution in [2.45, 2.75) is 38.9 Å². The Kier molecular flexibility index (Phi) is 4.43. The summed E-state index contributed by atoms with van der Waals surface area (Å²) in [5, 5.41) is 9.46. The van der Waals surface area contributed by atoms with Gasteiger partial charge in [0.25, 0.3) is 0 Å². The van der Waals surface area contributed by atoms with Crippen molar-refractivity contribution < 1.29 is 18.8 Å². The Labute approximate surface area is 130 Å². The van der Waals surface area contributed by atoms with Crippen LogP contribution in [0.25, 0.3) is 6.08 Å². The van der Waals surface area contributed by atoms with Crippen LogP contribution in [-0.2, 0) is 9.31 Å². The van der Waals surface area contributed by atoms with Crippen molar-refractivity contribution in [1.29, 1.82) is 0 Å². The first kappa shape index (κ1) is 16.4. The molecule has 2 rings (SSSR count). The first-order valence-electron chi connectivity index (χ1n) is 6.81. The Hall–Kier alpha value is -0.975. The van der Waals surface area contributed by atoms with Crippen molar-refractivity contribution in [3.05, 3.63) is 35.1 Å². The lowest BCUT2D eigenvalue weighted by atomic mass is 9.78. The average molecular weight is 310 g/mol. The number of benzene rings is 1. The Morgan fingerprint density at radius 2 is 1.81 bits per heavy atom. The number of aromatic hydroxyl groups is 1. The van der Waals surface area contributed by atoms with Crippen LogP contribution in [0.5, 0.6) is 5.75 Å². The van der Waals surface area contributed by atoms with Gasteiger partial charge in [-0.05, 0) is 50.9 Å². The summed E-state index contributed by atoms with van der Waals surface area (Å²) in [6.07, 6.45) is 1.73. The number of phenols is 1. The second-order valence-electron chi connectivity index (χ2n) is 6.21. The fourth-order valence-corrected chi connectivity index (χ4v) is 2.32. The molecule has 1 N–H and O–H groups in total. The molecule has 21 heavy (non-hydrogen) atoms. The number of hydrogen-bond acceptors (Lipinski definition) is 4. The Bertz CT molecular complexity index is 536. The van der Waals surface area contributed by atoms with Gasteiger partial charge in [0, 0.05) is 11.8 Å². The quantitative estimate of drug-likeness (QED) is 0.663. The van der Waals surface area contributed by atoms with E-state index in [1.807, 2.05) is 27.7 Å². The minimum atomic E-state index is -0.530. The highest BCUT2D eigenvalue weighted by atomic mass is 32.1. The highest BCUT2D eigenvalue weighted by molar-refractivity contribution is 7.80. The van der Waals surface area contributed by atoms with E-state index in [4.69, 9.17) is 9.31 Å². The molecule has 0 bridgehead atoms. The van der Waals surface area contributed by atoms with E-state index in [-0.39, 0.29) is 5.75 Å². The number of phenolic OH excluding ortho intramolecular Hbond substituents is 1. The minimum absolute atomic E-state index is 0.117. The summed E-state index contributed by atoms with van der Waals surface area (Å²) < 4.78 is 25.2. The summed E-state index contributed by atoms with van der Waals surface area (Å²) in [7, 11) is -0.530. The van der Waals surface area contributed by atoms with Gasteiger partial charge in [-0.25, -0.2) is 4.39 Å². The van der Waals surface area contributed by atoms with Crippen LogP contribution in [0, 0.1) is 5.82 Å². The molecule has 6 heteroatoms. The van der Waals surface area contributed by atoms with Crippen LogP contribution in [0.2, 0.25) is 0 Å². The average Bonchev–Trinajstić information content (AvgIpc) is 2.54. The molecule has 0 saturated carbocycles. The molecule has 1 aromatic carbocycles. The van der Waals surface area contributed by atoms with Crippen molar-refractivity contribution in [1.82, 2.24) is 0 Å². The zero-order valence-electron chi connectivity index (χ0n) is 12.7. The molecule has 0 radical (unpaired) electrons. The Morgan fingerprint density at radius 1 is 1.24 bits per heavy atom. The maximum Gasteiger partial charge on any atom is 0.491 e. The first-order chi connectivity index (χ1) is 9.64. The molecule has 0 amide bonds. The third-order valence-corrected chi connectivity index (χ3v) is 4.36. The maximum absolute atomic E-state index is 13.3. The standard InChI is InChI=1S/C15H20BFO3S/c1-14(2)15(3,4)20-16(19-14)11(9-21)5-10-6-12(17)8-13(18)7-10/h5-8,18,21H,9H2,1-4H3. The van der Waals surface area contributed by atoms with Crippen molar-refractivity contribution in [3.8, 4) is 5.75 Å². The summed E-state index contributed by atoms with van der Waals surface area (Å²) in [5.41, 5.74) is 0.446. The van der Waals surface area contributed by atoms with Gasteiger partial charge in [0.05, 0.1) is 11.2 Å². The summed E-state index contributed by atoms with van der Waals surface area (Å²) in [4.78, 5) is 0. The SMILES string of the molecule is CC1(C)OB(C(=Cc2cc(O)cc(F)c2)CS)OC1(C)C. The third kappa shape index (κ3) is 3.44. The lowest BCUT2D eigenvalue weighted by molar-refractivity contribution is 0.00578. The van der Waals surface area contributed by atoms with E-state index >= 15 is 0 Å². The van der Waals surface area contributed by atoms with Gasteiger partial charge >= 0.3 is 7.12 Å². The van der Waals surface area contributed by atoms with Crippen LogP contribution in [-0.4, -0.2) is 29.2 Å². The molecule has 0 aromatic heterocycles. The smallest absolute Gasteiger partial charge is 0.491 e. The molecular formula is C15H20BFO3S. The largest absolute Gasteiger partial charge is 0.508 e. The van der Waals surface area contributed by atoms with Gasteiger partial charge < -0.3 is 14.4 Å². The second-order valence-corrected chi connectivity index (χ2v) is 6.52. The molecule has 0 spiro atoms. The number of halogens is 1. The summed E-state index contributed by atoms with van der Waals surface area (Å²) >= 11 is 4.30. The molecule has 0 atom stereocenters. The van der Waals surface area contributed by atoms with E-state index in [9.17, 15) is 9.50 Å². The molecule has 3 nitrogen and oxygen atoms in total. The normalized spacial score (nSPS) is 20.9. The van der Waals surface area contributed by atoms with Crippen molar-refractivity contribution in [2.24, 2.45) is 0 Å². The highest BCUT2D eigenvalue weighted by Crippen LogP contribution is 2.39. The lowest BCUT2D eigenvalue weighted by Crippen LogP contribution is -2.41. The monoisotopic (exact) mass is 310 g/mol. The molecule has 1 aliphatic rings. The predicted molar refractivity (Wildman–Crippen MR) is 86.0 cm³/mol. The fourth-order valence-electron chi connectivity index (χ4n) is 2.08. The first-order valence-corrected chi connectivity index (χ1v) is 7.44. The fraction of sp³-hybridized carbons (Fsp3) is 0.467. The molecule has 1 heterocycles. The summed E-state index contributed by atoms with van der Waals surface area (Å²) in [6.45, 7) is 7.88. The molecule has 1 aromatic rings. The van der Waals surface area contributed by atoms with E-state index in [0.717, 1.165) is 11.5 Å². The van der Waals surface area contributed by atoms with Gasteiger partial charge in [-0.2, -0.15) is 12.6 Å². The van der Waals surface area contributed by atoms with Gasteiger partial charge in [0.2, 0.25) is 0 Å². The molecular weight excluding hydrogens is 290 g/mol. The van der Waals surface area contributed by atoms with E-state index in [0.29, 0.717) is 11.3 Å².